The second-order valence-corrected chi connectivity index (χ2v) is 5.27. The SMILES string of the molecule is Cc1cc(C)c(C(=O)O)c(Nc2cc(Cl)cc(Cl)c2)n1. The Morgan fingerprint density at radius 1 is 1.15 bits per heavy atom. The monoisotopic (exact) mass is 310 g/mol. The van der Waals surface area contributed by atoms with E-state index in [2.05, 4.69) is 10.3 Å². The maximum absolute atomic E-state index is 11.3. The number of carbonyl (C=O) groups is 1. The van der Waals surface area contributed by atoms with E-state index in [1.165, 1.54) is 0 Å². The Kier molecular flexibility index (Phi) is 4.16. The Labute approximate surface area is 126 Å². The number of carboxylic acids is 1. The Balaban J connectivity index is 2.49. The number of benzene rings is 1. The van der Waals surface area contributed by atoms with Gasteiger partial charge in [0, 0.05) is 21.4 Å². The van der Waals surface area contributed by atoms with Crippen LogP contribution in [0.1, 0.15) is 21.6 Å². The molecule has 1 heterocycles. The summed E-state index contributed by atoms with van der Waals surface area (Å²) in [5.41, 5.74) is 2.08. The van der Waals surface area contributed by atoms with Gasteiger partial charge in [-0.1, -0.05) is 23.2 Å². The van der Waals surface area contributed by atoms with Crippen molar-refractivity contribution in [3.63, 3.8) is 0 Å². The summed E-state index contributed by atoms with van der Waals surface area (Å²) in [5, 5.41) is 13.2. The van der Waals surface area contributed by atoms with Crippen LogP contribution >= 0.6 is 23.2 Å². The van der Waals surface area contributed by atoms with E-state index in [9.17, 15) is 9.90 Å². The van der Waals surface area contributed by atoms with Crippen LogP contribution < -0.4 is 5.32 Å². The summed E-state index contributed by atoms with van der Waals surface area (Å²) < 4.78 is 0. The highest BCUT2D eigenvalue weighted by Crippen LogP contribution is 2.27. The minimum absolute atomic E-state index is 0.131. The summed E-state index contributed by atoms with van der Waals surface area (Å²) >= 11 is 11.8. The summed E-state index contributed by atoms with van der Waals surface area (Å²) in [4.78, 5) is 15.6. The fourth-order valence-electron chi connectivity index (χ4n) is 1.96. The van der Waals surface area contributed by atoms with Crippen LogP contribution in [0, 0.1) is 13.8 Å². The van der Waals surface area contributed by atoms with Gasteiger partial charge in [-0.2, -0.15) is 0 Å². The highest BCUT2D eigenvalue weighted by atomic mass is 35.5. The summed E-state index contributed by atoms with van der Waals surface area (Å²) in [7, 11) is 0. The molecule has 6 heteroatoms. The fraction of sp³-hybridized carbons (Fsp3) is 0.143. The second-order valence-electron chi connectivity index (χ2n) is 4.39. The molecule has 0 aliphatic rings. The first-order valence-corrected chi connectivity index (χ1v) is 6.57. The number of nitrogens with one attached hydrogen (secondary N) is 1. The summed E-state index contributed by atoms with van der Waals surface area (Å²) in [5.74, 6) is -0.765. The molecule has 0 bridgehead atoms. The molecule has 1 aromatic carbocycles. The van der Waals surface area contributed by atoms with Crippen LogP contribution in [0.2, 0.25) is 10.0 Å². The van der Waals surface area contributed by atoms with E-state index in [0.29, 0.717) is 21.3 Å². The minimum Gasteiger partial charge on any atom is -0.478 e. The van der Waals surface area contributed by atoms with Crippen LogP contribution in [0.5, 0.6) is 0 Å². The van der Waals surface area contributed by atoms with Gasteiger partial charge in [0.15, 0.2) is 0 Å². The number of aryl methyl sites for hydroxylation is 2. The maximum Gasteiger partial charge on any atom is 0.339 e. The van der Waals surface area contributed by atoms with Crippen molar-refractivity contribution in [2.45, 2.75) is 13.8 Å². The van der Waals surface area contributed by atoms with E-state index < -0.39 is 5.97 Å². The van der Waals surface area contributed by atoms with Gasteiger partial charge in [0.25, 0.3) is 0 Å². The molecule has 0 radical (unpaired) electrons. The summed E-state index contributed by atoms with van der Waals surface area (Å²) in [6.45, 7) is 3.53. The largest absolute Gasteiger partial charge is 0.478 e. The number of pyridine rings is 1. The minimum atomic E-state index is -1.04. The number of anilines is 2. The molecule has 0 fully saturated rings. The lowest BCUT2D eigenvalue weighted by atomic mass is 10.1. The number of halogens is 2. The van der Waals surface area contributed by atoms with Crippen LogP contribution in [0.15, 0.2) is 24.3 Å². The predicted molar refractivity (Wildman–Crippen MR) is 80.4 cm³/mol. The molecule has 0 amide bonds. The zero-order valence-corrected chi connectivity index (χ0v) is 12.4. The highest BCUT2D eigenvalue weighted by Gasteiger charge is 2.16. The molecule has 0 saturated heterocycles. The number of aromatic carboxylic acids is 1. The Morgan fingerprint density at radius 3 is 2.30 bits per heavy atom. The molecular formula is C14H12Cl2N2O2. The lowest BCUT2D eigenvalue weighted by Gasteiger charge is -2.12. The number of aromatic nitrogens is 1. The average molecular weight is 311 g/mol. The molecule has 2 aromatic rings. The number of carboxylic acid groups (broad SMARTS) is 1. The zero-order valence-electron chi connectivity index (χ0n) is 10.9. The molecule has 20 heavy (non-hydrogen) atoms. The molecule has 0 aliphatic carbocycles. The van der Waals surface area contributed by atoms with Crippen LogP contribution in [0.3, 0.4) is 0 Å². The number of hydrogen-bond donors (Lipinski definition) is 2. The molecule has 104 valence electrons. The summed E-state index contributed by atoms with van der Waals surface area (Å²) in [6, 6.07) is 6.62. The van der Waals surface area contributed by atoms with E-state index in [4.69, 9.17) is 23.2 Å². The summed E-state index contributed by atoms with van der Waals surface area (Å²) in [6.07, 6.45) is 0. The Morgan fingerprint density at radius 2 is 1.75 bits per heavy atom. The van der Waals surface area contributed by atoms with Crippen molar-refractivity contribution >= 4 is 40.7 Å². The number of rotatable bonds is 3. The molecule has 0 aliphatic heterocycles. The molecule has 2 N–H and O–H groups in total. The molecule has 0 spiro atoms. The van der Waals surface area contributed by atoms with Crippen LogP contribution in [-0.2, 0) is 0 Å². The smallest absolute Gasteiger partial charge is 0.339 e. The first-order valence-electron chi connectivity index (χ1n) is 5.81. The van der Waals surface area contributed by atoms with Crippen LogP contribution in [-0.4, -0.2) is 16.1 Å². The van der Waals surface area contributed by atoms with Gasteiger partial charge in [0.1, 0.15) is 11.4 Å². The van der Waals surface area contributed by atoms with E-state index in [0.717, 1.165) is 5.69 Å². The van der Waals surface area contributed by atoms with Gasteiger partial charge < -0.3 is 10.4 Å². The predicted octanol–water partition coefficient (Wildman–Crippen LogP) is 4.45. The van der Waals surface area contributed by atoms with Crippen molar-refractivity contribution in [1.29, 1.82) is 0 Å². The number of nitrogens with zero attached hydrogens (tertiary/aromatic N) is 1. The first-order chi connectivity index (χ1) is 9.36. The van der Waals surface area contributed by atoms with Crippen molar-refractivity contribution in [2.24, 2.45) is 0 Å². The Hall–Kier alpha value is -1.78. The molecule has 1 aromatic heterocycles. The molecular weight excluding hydrogens is 299 g/mol. The van der Waals surface area contributed by atoms with Gasteiger partial charge in [0.2, 0.25) is 0 Å². The second kappa shape index (κ2) is 5.69. The van der Waals surface area contributed by atoms with Gasteiger partial charge in [-0.15, -0.1) is 0 Å². The fourth-order valence-corrected chi connectivity index (χ4v) is 2.49. The molecule has 0 unspecified atom stereocenters. The molecule has 0 atom stereocenters. The molecule has 0 saturated carbocycles. The highest BCUT2D eigenvalue weighted by molar-refractivity contribution is 6.35. The lowest BCUT2D eigenvalue weighted by molar-refractivity contribution is 0.0697. The molecule has 4 nitrogen and oxygen atoms in total. The van der Waals surface area contributed by atoms with Gasteiger partial charge in [0.05, 0.1) is 0 Å². The first kappa shape index (κ1) is 14.6. The van der Waals surface area contributed by atoms with Crippen molar-refractivity contribution in [1.82, 2.24) is 4.98 Å². The average Bonchev–Trinajstić information content (AvgIpc) is 2.25. The van der Waals surface area contributed by atoms with Crippen molar-refractivity contribution in [3.8, 4) is 0 Å². The normalized spacial score (nSPS) is 10.4. The van der Waals surface area contributed by atoms with E-state index >= 15 is 0 Å². The van der Waals surface area contributed by atoms with Crippen molar-refractivity contribution in [3.05, 3.63) is 51.1 Å². The third kappa shape index (κ3) is 3.21. The third-order valence-electron chi connectivity index (χ3n) is 2.68. The third-order valence-corrected chi connectivity index (χ3v) is 3.12. The van der Waals surface area contributed by atoms with Crippen LogP contribution in [0.25, 0.3) is 0 Å². The molecule has 2 rings (SSSR count). The topological polar surface area (TPSA) is 62.2 Å². The maximum atomic E-state index is 11.3. The van der Waals surface area contributed by atoms with E-state index in [1.54, 1.807) is 38.1 Å². The Bertz CT molecular complexity index is 667. The zero-order chi connectivity index (χ0) is 14.9. The van der Waals surface area contributed by atoms with Gasteiger partial charge >= 0.3 is 5.97 Å². The lowest BCUT2D eigenvalue weighted by Crippen LogP contribution is -2.08. The van der Waals surface area contributed by atoms with Crippen molar-refractivity contribution in [2.75, 3.05) is 5.32 Å². The van der Waals surface area contributed by atoms with Crippen LogP contribution in [0.4, 0.5) is 11.5 Å². The number of hydrogen-bond acceptors (Lipinski definition) is 3. The van der Waals surface area contributed by atoms with E-state index in [-0.39, 0.29) is 11.4 Å². The van der Waals surface area contributed by atoms with Gasteiger partial charge in [-0.25, -0.2) is 9.78 Å². The van der Waals surface area contributed by atoms with E-state index in [1.807, 2.05) is 0 Å². The van der Waals surface area contributed by atoms with Gasteiger partial charge in [-0.3, -0.25) is 0 Å². The van der Waals surface area contributed by atoms with Gasteiger partial charge in [-0.05, 0) is 43.7 Å². The quantitative estimate of drug-likeness (QED) is 0.879. The van der Waals surface area contributed by atoms with Crippen molar-refractivity contribution < 1.29 is 9.90 Å². The standard InChI is InChI=1S/C14H12Cl2N2O2/c1-7-3-8(2)17-13(12(7)14(19)20)18-11-5-9(15)4-10(16)6-11/h3-6H,1-2H3,(H,17,18)(H,19,20).